The predicted octanol–water partition coefficient (Wildman–Crippen LogP) is 6.38. The zero-order chi connectivity index (χ0) is 23.1. The Bertz CT molecular complexity index is 1130. The van der Waals surface area contributed by atoms with Gasteiger partial charge in [-0.25, -0.2) is 22.5 Å². The number of alkyl halides is 3. The lowest BCUT2D eigenvalue weighted by Gasteiger charge is -2.10. The molecule has 1 aromatic heterocycles. The van der Waals surface area contributed by atoms with E-state index in [1.807, 2.05) is 5.32 Å². The van der Waals surface area contributed by atoms with Gasteiger partial charge in [-0.3, -0.25) is 4.79 Å². The maximum Gasteiger partial charge on any atom is 0.468 e. The highest BCUT2D eigenvalue weighted by Gasteiger charge is 2.38. The number of halogens is 8. The maximum absolute atomic E-state index is 13.9. The third-order valence-electron chi connectivity index (χ3n) is 4.11. The van der Waals surface area contributed by atoms with Crippen molar-refractivity contribution in [1.29, 1.82) is 0 Å². The van der Waals surface area contributed by atoms with Crippen LogP contribution in [0.4, 0.5) is 36.4 Å². The van der Waals surface area contributed by atoms with Crippen LogP contribution in [-0.2, 0) is 12.6 Å². The van der Waals surface area contributed by atoms with Crippen LogP contribution in [0.25, 0.3) is 11.3 Å². The molecule has 0 aliphatic rings. The van der Waals surface area contributed by atoms with Crippen LogP contribution < -0.4 is 5.32 Å². The van der Waals surface area contributed by atoms with Crippen molar-refractivity contribution in [2.75, 3.05) is 5.32 Å². The first kappa shape index (κ1) is 22.6. The molecule has 3 rings (SSSR count). The molecule has 0 aliphatic heterocycles. The molecule has 12 heteroatoms. The summed E-state index contributed by atoms with van der Waals surface area (Å²) in [4.78, 5) is 15.6. The minimum absolute atomic E-state index is 0.0274. The van der Waals surface area contributed by atoms with Crippen LogP contribution in [0.1, 0.15) is 28.9 Å². The Balaban J connectivity index is 1.89. The van der Waals surface area contributed by atoms with E-state index in [2.05, 4.69) is 4.98 Å². The fourth-order valence-corrected chi connectivity index (χ4v) is 2.81. The predicted molar refractivity (Wildman–Crippen MR) is 95.6 cm³/mol. The molecule has 0 fully saturated rings. The van der Waals surface area contributed by atoms with E-state index in [0.717, 1.165) is 0 Å². The molecule has 0 bridgehead atoms. The summed E-state index contributed by atoms with van der Waals surface area (Å²) in [5.41, 5.74) is -1.47. The number of aryl methyl sites for hydroxylation is 1. The number of aromatic nitrogens is 1. The van der Waals surface area contributed by atoms with Crippen LogP contribution in [0.2, 0.25) is 5.02 Å². The monoisotopic (exact) mass is 466 g/mol. The third kappa shape index (κ3) is 4.22. The molecular formula is C19H10ClF7N2O2. The second kappa shape index (κ2) is 8.22. The molecule has 0 radical (unpaired) electrons. The number of anilines is 1. The van der Waals surface area contributed by atoms with Gasteiger partial charge < -0.3 is 9.73 Å². The Hall–Kier alpha value is -3.08. The summed E-state index contributed by atoms with van der Waals surface area (Å²) >= 11 is 5.11. The third-order valence-corrected chi connectivity index (χ3v) is 4.45. The van der Waals surface area contributed by atoms with Gasteiger partial charge >= 0.3 is 12.1 Å². The van der Waals surface area contributed by atoms with Gasteiger partial charge in [0, 0.05) is 17.7 Å². The normalized spacial score (nSPS) is 11.6. The average molecular weight is 467 g/mol. The van der Waals surface area contributed by atoms with Gasteiger partial charge in [0.2, 0.25) is 0 Å². The fourth-order valence-electron chi connectivity index (χ4n) is 2.65. The first-order valence-corrected chi connectivity index (χ1v) is 8.83. The second-order valence-corrected chi connectivity index (χ2v) is 6.50. The highest BCUT2D eigenvalue weighted by Crippen LogP contribution is 2.34. The molecule has 164 valence electrons. The van der Waals surface area contributed by atoms with E-state index in [0.29, 0.717) is 0 Å². The first-order valence-electron chi connectivity index (χ1n) is 8.45. The maximum atomic E-state index is 13.9. The Kier molecular flexibility index (Phi) is 5.99. The van der Waals surface area contributed by atoms with Gasteiger partial charge in [-0.1, -0.05) is 30.7 Å². The average Bonchev–Trinajstić information content (AvgIpc) is 3.16. The zero-order valence-electron chi connectivity index (χ0n) is 15.3. The smallest absolute Gasteiger partial charge is 0.437 e. The molecule has 31 heavy (non-hydrogen) atoms. The highest BCUT2D eigenvalue weighted by molar-refractivity contribution is 6.31. The zero-order valence-corrected chi connectivity index (χ0v) is 16.1. The topological polar surface area (TPSA) is 55.1 Å². The molecule has 0 saturated heterocycles. The first-order chi connectivity index (χ1) is 14.5. The summed E-state index contributed by atoms with van der Waals surface area (Å²) in [6, 6.07) is 4.91. The number of carbonyl (C=O) groups is 1. The standard InChI is InChI=1S/C19H10ClF7N2O2/c1-2-9-16(29-18(31-9)19(25,26)27)7-3-5-8(6-4-7)28-17(30)10-12(21)14(23)11(20)15(24)13(10)22/h3-6H,2H2,1H3,(H,28,30). The van der Waals surface area contributed by atoms with Gasteiger partial charge in [-0.15, -0.1) is 0 Å². The Morgan fingerprint density at radius 1 is 1.03 bits per heavy atom. The number of rotatable bonds is 4. The molecule has 0 spiro atoms. The number of hydrogen-bond donors (Lipinski definition) is 1. The van der Waals surface area contributed by atoms with Crippen molar-refractivity contribution in [3.63, 3.8) is 0 Å². The molecule has 3 aromatic rings. The van der Waals surface area contributed by atoms with Gasteiger partial charge in [0.05, 0.1) is 0 Å². The molecular weight excluding hydrogens is 457 g/mol. The summed E-state index contributed by atoms with van der Waals surface area (Å²) < 4.78 is 98.0. The van der Waals surface area contributed by atoms with Crippen molar-refractivity contribution in [1.82, 2.24) is 4.98 Å². The van der Waals surface area contributed by atoms with Gasteiger partial charge in [0.15, 0.2) is 23.3 Å². The number of amides is 1. The van der Waals surface area contributed by atoms with E-state index in [-0.39, 0.29) is 29.1 Å². The number of benzene rings is 2. The molecule has 2 aromatic carbocycles. The van der Waals surface area contributed by atoms with E-state index >= 15 is 0 Å². The lowest BCUT2D eigenvalue weighted by molar-refractivity contribution is -0.157. The Morgan fingerprint density at radius 3 is 2.06 bits per heavy atom. The van der Waals surface area contributed by atoms with Gasteiger partial charge in [0.25, 0.3) is 5.91 Å². The van der Waals surface area contributed by atoms with Crippen molar-refractivity contribution in [2.24, 2.45) is 0 Å². The molecule has 0 unspecified atom stereocenters. The highest BCUT2D eigenvalue weighted by atomic mass is 35.5. The van der Waals surface area contributed by atoms with Crippen LogP contribution in [-0.4, -0.2) is 10.9 Å². The minimum Gasteiger partial charge on any atom is -0.437 e. The van der Waals surface area contributed by atoms with E-state index in [9.17, 15) is 35.5 Å². The van der Waals surface area contributed by atoms with Crippen LogP contribution in [0.15, 0.2) is 28.7 Å². The van der Waals surface area contributed by atoms with E-state index in [4.69, 9.17) is 16.0 Å². The van der Waals surface area contributed by atoms with Crippen LogP contribution in [0.3, 0.4) is 0 Å². The number of nitrogens with one attached hydrogen (secondary N) is 1. The molecule has 0 aliphatic carbocycles. The van der Waals surface area contributed by atoms with Gasteiger partial charge in [0.1, 0.15) is 22.0 Å². The lowest BCUT2D eigenvalue weighted by Crippen LogP contribution is -2.18. The van der Waals surface area contributed by atoms with Crippen molar-refractivity contribution in [3.8, 4) is 11.3 Å². The van der Waals surface area contributed by atoms with Gasteiger partial charge in [-0.05, 0) is 12.1 Å². The van der Waals surface area contributed by atoms with Crippen molar-refractivity contribution < 1.29 is 39.9 Å². The molecule has 1 heterocycles. The van der Waals surface area contributed by atoms with Crippen LogP contribution >= 0.6 is 11.6 Å². The summed E-state index contributed by atoms with van der Waals surface area (Å²) in [6.45, 7) is 1.56. The minimum atomic E-state index is -4.78. The van der Waals surface area contributed by atoms with Crippen LogP contribution in [0.5, 0.6) is 0 Å². The number of hydrogen-bond acceptors (Lipinski definition) is 3. The van der Waals surface area contributed by atoms with E-state index in [1.54, 1.807) is 6.92 Å². The quantitative estimate of drug-likeness (QED) is 0.275. The molecule has 4 nitrogen and oxygen atoms in total. The van der Waals surface area contributed by atoms with Crippen molar-refractivity contribution >= 4 is 23.2 Å². The summed E-state index contributed by atoms with van der Waals surface area (Å²) in [6.07, 6.45) is -4.67. The summed E-state index contributed by atoms with van der Waals surface area (Å²) in [5, 5.41) is 0.595. The molecule has 0 atom stereocenters. The molecule has 1 amide bonds. The van der Waals surface area contributed by atoms with E-state index < -0.39 is 51.8 Å². The number of carbonyl (C=O) groups excluding carboxylic acids is 1. The SMILES string of the molecule is CCc1oc(C(F)(F)F)nc1-c1ccc(NC(=O)c2c(F)c(F)c(Cl)c(F)c2F)cc1. The fraction of sp³-hybridized carbons (Fsp3) is 0.158. The largest absolute Gasteiger partial charge is 0.468 e. The second-order valence-electron chi connectivity index (χ2n) is 6.12. The van der Waals surface area contributed by atoms with Crippen molar-refractivity contribution in [3.05, 3.63) is 69.8 Å². The van der Waals surface area contributed by atoms with Crippen molar-refractivity contribution in [2.45, 2.75) is 19.5 Å². The van der Waals surface area contributed by atoms with Crippen LogP contribution in [0, 0.1) is 23.3 Å². The summed E-state index contributed by atoms with van der Waals surface area (Å²) in [7, 11) is 0. The number of nitrogens with zero attached hydrogens (tertiary/aromatic N) is 1. The summed E-state index contributed by atoms with van der Waals surface area (Å²) in [5.74, 6) is -10.8. The molecule has 0 saturated carbocycles. The van der Waals surface area contributed by atoms with E-state index in [1.165, 1.54) is 24.3 Å². The molecule has 1 N–H and O–H groups in total. The Morgan fingerprint density at radius 2 is 1.58 bits per heavy atom. The Labute approximate surface area is 174 Å². The van der Waals surface area contributed by atoms with Gasteiger partial charge in [-0.2, -0.15) is 13.2 Å². The lowest BCUT2D eigenvalue weighted by atomic mass is 10.1. The number of oxazole rings is 1.